The van der Waals surface area contributed by atoms with Crippen LogP contribution in [-0.2, 0) is 5.41 Å². The lowest BCUT2D eigenvalue weighted by atomic mass is 9.76. The Hall–Kier alpha value is -0.906. The molecule has 4 aliphatic carbocycles. The van der Waals surface area contributed by atoms with E-state index in [4.69, 9.17) is 0 Å². The van der Waals surface area contributed by atoms with Gasteiger partial charge in [-0.1, -0.05) is 108 Å². The van der Waals surface area contributed by atoms with Crippen LogP contribution in [0.5, 0.6) is 0 Å². The predicted octanol–water partition coefficient (Wildman–Crippen LogP) is 9.13. The topological polar surface area (TPSA) is 3.24 Å². The zero-order valence-corrected chi connectivity index (χ0v) is 28.0. The minimum atomic E-state index is -1.73. The SMILES string of the molecule is CC1CC2C=C3C(=CC2C1[Si](C)(C)N(C1CCCCC1)C(C)(C)C)C(C)(C)c1cc([Si](C)(C)C)ccc13. The first-order valence-corrected chi connectivity index (χ1v) is 22.0. The maximum Gasteiger partial charge on any atom is 0.127 e. The lowest BCUT2D eigenvalue weighted by Crippen LogP contribution is -2.65. The molecule has 0 bridgehead atoms. The lowest BCUT2D eigenvalue weighted by molar-refractivity contribution is 0.139. The van der Waals surface area contributed by atoms with Crippen molar-refractivity contribution < 1.29 is 0 Å². The molecule has 37 heavy (non-hydrogen) atoms. The number of rotatable bonds is 4. The molecule has 0 spiro atoms. The molecule has 0 aliphatic heterocycles. The van der Waals surface area contributed by atoms with E-state index in [2.05, 4.69) is 109 Å². The molecule has 2 fully saturated rings. The van der Waals surface area contributed by atoms with Crippen LogP contribution in [0.2, 0.25) is 38.3 Å². The van der Waals surface area contributed by atoms with Crippen molar-refractivity contribution in [3.8, 4) is 0 Å². The molecule has 4 unspecified atom stereocenters. The second-order valence-corrected chi connectivity index (χ2v) is 25.8. The molecule has 1 aromatic rings. The van der Waals surface area contributed by atoms with Gasteiger partial charge >= 0.3 is 0 Å². The third-order valence-electron chi connectivity index (χ3n) is 10.8. The second-order valence-electron chi connectivity index (χ2n) is 16.3. The van der Waals surface area contributed by atoms with Crippen molar-refractivity contribution in [3.05, 3.63) is 47.1 Å². The smallest absolute Gasteiger partial charge is 0.127 e. The van der Waals surface area contributed by atoms with Gasteiger partial charge in [0.1, 0.15) is 8.24 Å². The van der Waals surface area contributed by atoms with E-state index in [0.29, 0.717) is 11.8 Å². The van der Waals surface area contributed by atoms with E-state index in [9.17, 15) is 0 Å². The highest BCUT2D eigenvalue weighted by Gasteiger charge is 2.56. The molecule has 3 heteroatoms. The van der Waals surface area contributed by atoms with Crippen LogP contribution in [0.4, 0.5) is 0 Å². The van der Waals surface area contributed by atoms with Gasteiger partial charge in [-0.25, -0.2) is 0 Å². The summed E-state index contributed by atoms with van der Waals surface area (Å²) in [6.07, 6.45) is 14.1. The molecule has 204 valence electrons. The molecule has 0 N–H and O–H groups in total. The summed E-state index contributed by atoms with van der Waals surface area (Å²) < 4.78 is 3.13. The van der Waals surface area contributed by atoms with E-state index >= 15 is 0 Å². The lowest BCUT2D eigenvalue weighted by Gasteiger charge is -2.56. The molecule has 2 saturated carbocycles. The average molecular weight is 534 g/mol. The van der Waals surface area contributed by atoms with Gasteiger partial charge in [-0.3, -0.25) is 0 Å². The summed E-state index contributed by atoms with van der Waals surface area (Å²) in [6.45, 7) is 28.1. The van der Waals surface area contributed by atoms with E-state index in [1.165, 1.54) is 44.1 Å². The summed E-state index contributed by atoms with van der Waals surface area (Å²) in [7, 11) is -3.07. The zero-order valence-electron chi connectivity index (χ0n) is 26.0. The standard InChI is InChI=1S/C34H55NSi2/c1-23-19-24-20-29-27-18-17-26(36(7,8)9)21-30(27)34(5,6)31(29)22-28(24)32(23)37(10,11)35(33(2,3)4)25-15-13-12-14-16-25/h17-18,20-25,28,32H,12-16,19H2,1-11H3. The summed E-state index contributed by atoms with van der Waals surface area (Å²) in [4.78, 5) is 0. The third-order valence-corrected chi connectivity index (χ3v) is 17.7. The quantitative estimate of drug-likeness (QED) is 0.349. The number of hydrogen-bond donors (Lipinski definition) is 0. The van der Waals surface area contributed by atoms with E-state index in [-0.39, 0.29) is 11.0 Å². The van der Waals surface area contributed by atoms with Crippen molar-refractivity contribution in [2.75, 3.05) is 0 Å². The van der Waals surface area contributed by atoms with Gasteiger partial charge in [0.2, 0.25) is 0 Å². The molecule has 0 heterocycles. The van der Waals surface area contributed by atoms with Crippen LogP contribution < -0.4 is 5.19 Å². The summed E-state index contributed by atoms with van der Waals surface area (Å²) in [5, 5.41) is 1.60. The van der Waals surface area contributed by atoms with Crippen molar-refractivity contribution in [1.82, 2.24) is 4.57 Å². The molecule has 0 amide bonds. The summed E-state index contributed by atoms with van der Waals surface area (Å²) in [5.74, 6) is 2.21. The van der Waals surface area contributed by atoms with Crippen LogP contribution in [0.15, 0.2) is 35.9 Å². The predicted molar refractivity (Wildman–Crippen MR) is 169 cm³/mol. The first-order valence-electron chi connectivity index (χ1n) is 15.4. The summed E-state index contributed by atoms with van der Waals surface area (Å²) in [5.41, 5.74) is 7.51. The fraction of sp³-hybridized carbons (Fsp3) is 0.706. The first kappa shape index (κ1) is 27.7. The van der Waals surface area contributed by atoms with Gasteiger partial charge in [-0.2, -0.15) is 0 Å². The van der Waals surface area contributed by atoms with Crippen LogP contribution in [-0.4, -0.2) is 32.5 Å². The highest BCUT2D eigenvalue weighted by atomic mass is 28.3. The van der Waals surface area contributed by atoms with Gasteiger partial charge in [0.25, 0.3) is 0 Å². The molecular weight excluding hydrogens is 479 g/mol. The fourth-order valence-electron chi connectivity index (χ4n) is 9.61. The molecule has 5 rings (SSSR count). The molecule has 0 saturated heterocycles. The van der Waals surface area contributed by atoms with Gasteiger partial charge in [0.15, 0.2) is 0 Å². The molecule has 0 radical (unpaired) electrons. The molecule has 4 aliphatic rings. The Bertz CT molecular complexity index is 1100. The van der Waals surface area contributed by atoms with Crippen molar-refractivity contribution in [2.24, 2.45) is 17.8 Å². The highest BCUT2D eigenvalue weighted by molar-refractivity contribution is 6.88. The number of benzene rings is 1. The van der Waals surface area contributed by atoms with Crippen molar-refractivity contribution in [2.45, 2.75) is 135 Å². The van der Waals surface area contributed by atoms with E-state index in [0.717, 1.165) is 17.5 Å². The Labute approximate surface area is 231 Å². The largest absolute Gasteiger partial charge is 0.316 e. The number of hydrogen-bond acceptors (Lipinski definition) is 1. The van der Waals surface area contributed by atoms with Gasteiger partial charge in [0, 0.05) is 17.0 Å². The van der Waals surface area contributed by atoms with Crippen LogP contribution >= 0.6 is 0 Å². The molecule has 1 aromatic carbocycles. The Balaban J connectivity index is 1.55. The summed E-state index contributed by atoms with van der Waals surface area (Å²) in [6, 6.07) is 8.33. The summed E-state index contributed by atoms with van der Waals surface area (Å²) >= 11 is 0. The number of nitrogens with zero attached hydrogens (tertiary/aromatic N) is 1. The molecule has 1 nitrogen and oxygen atoms in total. The minimum Gasteiger partial charge on any atom is -0.316 e. The third kappa shape index (κ3) is 4.53. The van der Waals surface area contributed by atoms with Crippen molar-refractivity contribution >= 4 is 27.1 Å². The van der Waals surface area contributed by atoms with E-state index in [1.54, 1.807) is 21.9 Å². The molecule has 4 atom stereocenters. The Morgan fingerprint density at radius 1 is 0.919 bits per heavy atom. The Kier molecular flexibility index (Phi) is 6.77. The molecular formula is C34H55NSi2. The van der Waals surface area contributed by atoms with Crippen LogP contribution in [0.25, 0.3) is 5.57 Å². The fourth-order valence-corrected chi connectivity index (χ4v) is 16.8. The first-order chi connectivity index (χ1) is 17.0. The van der Waals surface area contributed by atoms with E-state index in [1.807, 2.05) is 0 Å². The monoisotopic (exact) mass is 533 g/mol. The zero-order chi connectivity index (χ0) is 27.1. The maximum absolute atomic E-state index is 3.13. The minimum absolute atomic E-state index is 0.108. The number of fused-ring (bicyclic) bond motifs is 4. The van der Waals surface area contributed by atoms with Gasteiger partial charge < -0.3 is 4.57 Å². The van der Waals surface area contributed by atoms with Crippen LogP contribution in [0.3, 0.4) is 0 Å². The second kappa shape index (κ2) is 9.06. The van der Waals surface area contributed by atoms with Gasteiger partial charge in [-0.15, -0.1) is 0 Å². The normalized spacial score (nSPS) is 30.1. The average Bonchev–Trinajstić information content (AvgIpc) is 3.22. The Morgan fingerprint density at radius 3 is 2.16 bits per heavy atom. The van der Waals surface area contributed by atoms with Crippen LogP contribution in [0.1, 0.15) is 91.2 Å². The molecule has 0 aromatic heterocycles. The maximum atomic E-state index is 3.13. The highest BCUT2D eigenvalue weighted by Crippen LogP contribution is 2.61. The Morgan fingerprint density at radius 2 is 1.57 bits per heavy atom. The van der Waals surface area contributed by atoms with Crippen LogP contribution in [0, 0.1) is 17.8 Å². The van der Waals surface area contributed by atoms with Crippen molar-refractivity contribution in [3.63, 3.8) is 0 Å². The van der Waals surface area contributed by atoms with Crippen molar-refractivity contribution in [1.29, 1.82) is 0 Å². The van der Waals surface area contributed by atoms with Gasteiger partial charge in [0.05, 0.1) is 8.07 Å². The number of allylic oxidation sites excluding steroid dienone is 4. The van der Waals surface area contributed by atoms with Gasteiger partial charge in [-0.05, 0) is 85.6 Å². The van der Waals surface area contributed by atoms with E-state index < -0.39 is 16.3 Å².